The molecule has 0 atom stereocenters. The fourth-order valence-corrected chi connectivity index (χ4v) is 3.00. The van der Waals surface area contributed by atoms with Crippen LogP contribution in [0, 0.1) is 6.92 Å². The Morgan fingerprint density at radius 1 is 1.38 bits per heavy atom. The van der Waals surface area contributed by atoms with Gasteiger partial charge in [0.05, 0.1) is 15.7 Å². The molecule has 0 unspecified atom stereocenters. The molecule has 1 amide bonds. The number of anilines is 2. The highest BCUT2D eigenvalue weighted by molar-refractivity contribution is 7.98. The average molecular weight is 387 g/mol. The largest absolute Gasteiger partial charge is 0.396 e. The van der Waals surface area contributed by atoms with Crippen LogP contribution in [0.5, 0.6) is 0 Å². The lowest BCUT2D eigenvalue weighted by Crippen LogP contribution is -2.20. The van der Waals surface area contributed by atoms with E-state index in [1.165, 1.54) is 23.9 Å². The molecule has 2 aromatic rings. The fraction of sp³-hybridized carbons (Fsp3) is 0.267. The molecule has 9 heteroatoms. The molecule has 0 fully saturated rings. The summed E-state index contributed by atoms with van der Waals surface area (Å²) in [6, 6.07) is 3.04. The maximum absolute atomic E-state index is 12.1. The SMILES string of the molecule is CSc1nc(C)c(CCC(=O)Nc2cc(Cl)c(N)c(Cl)c2)c(=O)[nH]1. The zero-order valence-corrected chi connectivity index (χ0v) is 15.4. The Hall–Kier alpha value is -1.70. The molecule has 4 N–H and O–H groups in total. The predicted molar refractivity (Wildman–Crippen MR) is 99.2 cm³/mol. The predicted octanol–water partition coefficient (Wildman–Crippen LogP) is 3.26. The topological polar surface area (TPSA) is 101 Å². The third-order valence-electron chi connectivity index (χ3n) is 3.36. The minimum absolute atomic E-state index is 0.129. The van der Waals surface area contributed by atoms with Crippen molar-refractivity contribution in [2.75, 3.05) is 17.3 Å². The molecule has 0 saturated carbocycles. The van der Waals surface area contributed by atoms with Crippen LogP contribution in [-0.2, 0) is 11.2 Å². The summed E-state index contributed by atoms with van der Waals surface area (Å²) in [7, 11) is 0. The molecular formula is C15H16Cl2N4O2S. The van der Waals surface area contributed by atoms with E-state index in [0.29, 0.717) is 22.1 Å². The monoisotopic (exact) mass is 386 g/mol. The van der Waals surface area contributed by atoms with Gasteiger partial charge >= 0.3 is 0 Å². The maximum atomic E-state index is 12.1. The number of nitrogen functional groups attached to an aromatic ring is 1. The first-order valence-corrected chi connectivity index (χ1v) is 8.98. The number of rotatable bonds is 5. The van der Waals surface area contributed by atoms with E-state index in [9.17, 15) is 9.59 Å². The quantitative estimate of drug-likeness (QED) is 0.415. The summed E-state index contributed by atoms with van der Waals surface area (Å²) in [6.07, 6.45) is 2.24. The normalized spacial score (nSPS) is 10.7. The minimum Gasteiger partial charge on any atom is -0.396 e. The number of amides is 1. The number of carbonyl (C=O) groups excluding carboxylic acids is 1. The van der Waals surface area contributed by atoms with Crippen LogP contribution in [-0.4, -0.2) is 22.1 Å². The van der Waals surface area contributed by atoms with Gasteiger partial charge in [0.25, 0.3) is 5.56 Å². The van der Waals surface area contributed by atoms with Gasteiger partial charge in [0, 0.05) is 23.4 Å². The van der Waals surface area contributed by atoms with E-state index in [0.717, 1.165) is 0 Å². The van der Waals surface area contributed by atoms with Crippen LogP contribution >= 0.6 is 35.0 Å². The van der Waals surface area contributed by atoms with Crippen molar-refractivity contribution < 1.29 is 4.79 Å². The van der Waals surface area contributed by atoms with Crippen molar-refractivity contribution in [3.05, 3.63) is 43.8 Å². The van der Waals surface area contributed by atoms with Crippen molar-refractivity contribution in [2.24, 2.45) is 0 Å². The first-order valence-electron chi connectivity index (χ1n) is 7.00. The second-order valence-corrected chi connectivity index (χ2v) is 6.65. The number of thioether (sulfide) groups is 1. The van der Waals surface area contributed by atoms with Crippen LogP contribution in [0.4, 0.5) is 11.4 Å². The summed E-state index contributed by atoms with van der Waals surface area (Å²) in [5.41, 5.74) is 7.25. The lowest BCUT2D eigenvalue weighted by atomic mass is 10.1. The Bertz CT molecular complexity index is 816. The average Bonchev–Trinajstić information content (AvgIpc) is 2.51. The Morgan fingerprint density at radius 2 is 2.00 bits per heavy atom. The number of benzene rings is 1. The van der Waals surface area contributed by atoms with Crippen molar-refractivity contribution in [1.29, 1.82) is 0 Å². The zero-order chi connectivity index (χ0) is 17.9. The van der Waals surface area contributed by atoms with Crippen molar-refractivity contribution in [3.8, 4) is 0 Å². The number of hydrogen-bond acceptors (Lipinski definition) is 5. The number of nitrogens with two attached hydrogens (primary N) is 1. The lowest BCUT2D eigenvalue weighted by molar-refractivity contribution is -0.116. The summed E-state index contributed by atoms with van der Waals surface area (Å²) in [6.45, 7) is 1.75. The van der Waals surface area contributed by atoms with Gasteiger partial charge in [-0.25, -0.2) is 4.98 Å². The number of hydrogen-bond donors (Lipinski definition) is 3. The third kappa shape index (κ3) is 4.43. The molecule has 0 aliphatic heterocycles. The second-order valence-electron chi connectivity index (χ2n) is 5.04. The molecule has 0 bridgehead atoms. The summed E-state index contributed by atoms with van der Waals surface area (Å²) < 4.78 is 0. The van der Waals surface area contributed by atoms with Gasteiger partial charge in [0.15, 0.2) is 5.16 Å². The van der Waals surface area contributed by atoms with Crippen molar-refractivity contribution in [3.63, 3.8) is 0 Å². The van der Waals surface area contributed by atoms with Gasteiger partial charge in [-0.15, -0.1) is 0 Å². The van der Waals surface area contributed by atoms with Gasteiger partial charge in [0.1, 0.15) is 0 Å². The molecule has 128 valence electrons. The van der Waals surface area contributed by atoms with E-state index in [1.807, 2.05) is 6.26 Å². The number of aryl methyl sites for hydroxylation is 1. The van der Waals surface area contributed by atoms with Crippen molar-refractivity contribution >= 4 is 52.2 Å². The molecule has 0 aliphatic rings. The molecule has 1 aromatic carbocycles. The Labute approximate surface area is 153 Å². The Kier molecular flexibility index (Phi) is 6.15. The molecule has 6 nitrogen and oxygen atoms in total. The summed E-state index contributed by atoms with van der Waals surface area (Å²) in [4.78, 5) is 31.1. The van der Waals surface area contributed by atoms with Gasteiger partial charge in [0.2, 0.25) is 5.91 Å². The van der Waals surface area contributed by atoms with Gasteiger partial charge < -0.3 is 16.0 Å². The van der Waals surface area contributed by atoms with Crippen LogP contribution in [0.1, 0.15) is 17.7 Å². The molecule has 24 heavy (non-hydrogen) atoms. The lowest BCUT2D eigenvalue weighted by Gasteiger charge is -2.09. The first-order chi connectivity index (χ1) is 11.3. The highest BCUT2D eigenvalue weighted by atomic mass is 35.5. The van der Waals surface area contributed by atoms with E-state index in [4.69, 9.17) is 28.9 Å². The van der Waals surface area contributed by atoms with Gasteiger partial charge in [-0.05, 0) is 31.7 Å². The van der Waals surface area contributed by atoms with E-state index in [-0.39, 0.29) is 40.0 Å². The Balaban J connectivity index is 2.05. The number of nitrogens with one attached hydrogen (secondary N) is 2. The number of carbonyl (C=O) groups is 1. The third-order valence-corrected chi connectivity index (χ3v) is 4.56. The Morgan fingerprint density at radius 3 is 2.54 bits per heavy atom. The number of H-pyrrole nitrogens is 1. The van der Waals surface area contributed by atoms with Gasteiger partial charge in [-0.1, -0.05) is 35.0 Å². The zero-order valence-electron chi connectivity index (χ0n) is 13.1. The minimum atomic E-state index is -0.264. The van der Waals surface area contributed by atoms with Crippen LogP contribution in [0.15, 0.2) is 22.1 Å². The van der Waals surface area contributed by atoms with E-state index in [2.05, 4.69) is 15.3 Å². The van der Waals surface area contributed by atoms with Crippen molar-refractivity contribution in [1.82, 2.24) is 9.97 Å². The first kappa shape index (κ1) is 18.6. The van der Waals surface area contributed by atoms with E-state index >= 15 is 0 Å². The van der Waals surface area contributed by atoms with E-state index < -0.39 is 0 Å². The van der Waals surface area contributed by atoms with Crippen LogP contribution in [0.25, 0.3) is 0 Å². The maximum Gasteiger partial charge on any atom is 0.254 e. The van der Waals surface area contributed by atoms with Crippen LogP contribution < -0.4 is 16.6 Å². The smallest absolute Gasteiger partial charge is 0.254 e. The molecular weight excluding hydrogens is 371 g/mol. The highest BCUT2D eigenvalue weighted by Gasteiger charge is 2.12. The molecule has 1 heterocycles. The molecule has 2 rings (SSSR count). The molecule has 0 spiro atoms. The van der Waals surface area contributed by atoms with Crippen molar-refractivity contribution in [2.45, 2.75) is 24.9 Å². The van der Waals surface area contributed by atoms with Crippen LogP contribution in [0.3, 0.4) is 0 Å². The van der Waals surface area contributed by atoms with Gasteiger partial charge in [-0.3, -0.25) is 9.59 Å². The second kappa shape index (κ2) is 7.92. The summed E-state index contributed by atoms with van der Waals surface area (Å²) in [5, 5.41) is 3.77. The molecule has 0 radical (unpaired) electrons. The molecule has 0 aliphatic carbocycles. The summed E-state index contributed by atoms with van der Waals surface area (Å²) in [5.74, 6) is -0.264. The highest BCUT2D eigenvalue weighted by Crippen LogP contribution is 2.31. The number of halogens is 2. The van der Waals surface area contributed by atoms with Crippen LogP contribution in [0.2, 0.25) is 10.0 Å². The number of nitrogens with zero attached hydrogens (tertiary/aromatic N) is 1. The number of aromatic nitrogens is 2. The fourth-order valence-electron chi connectivity index (χ4n) is 2.09. The van der Waals surface area contributed by atoms with E-state index in [1.54, 1.807) is 6.92 Å². The standard InChI is InChI=1S/C15H16Cl2N4O2S/c1-7-9(14(23)21-15(19-7)24-2)3-4-12(22)20-8-5-10(16)13(18)11(17)6-8/h5-6H,3-4,18H2,1-2H3,(H,20,22)(H,19,21,23). The number of aromatic amines is 1. The molecule has 1 aromatic heterocycles. The molecule has 0 saturated heterocycles. The van der Waals surface area contributed by atoms with Gasteiger partial charge in [-0.2, -0.15) is 0 Å². The summed E-state index contributed by atoms with van der Waals surface area (Å²) >= 11 is 13.2.